The molecule has 4 nitrogen and oxygen atoms in total. The van der Waals surface area contributed by atoms with Crippen LogP contribution in [-0.2, 0) is 0 Å². The summed E-state index contributed by atoms with van der Waals surface area (Å²) in [4.78, 5) is 28.8. The van der Waals surface area contributed by atoms with Gasteiger partial charge >= 0.3 is 5.69 Å². The molecule has 4 rings (SSSR count). The second-order valence-corrected chi connectivity index (χ2v) is 6.59. The molecule has 4 aromatic rings. The first kappa shape index (κ1) is 14.9. The molecule has 0 fully saturated rings. The molecule has 0 aliphatic carbocycles. The first-order valence-corrected chi connectivity index (χ1v) is 8.49. The molecule has 6 heteroatoms. The highest BCUT2D eigenvalue weighted by Gasteiger charge is 2.15. The average molecular weight is 355 g/mol. The summed E-state index contributed by atoms with van der Waals surface area (Å²) in [6.45, 7) is 0. The molecule has 0 atom stereocenters. The van der Waals surface area contributed by atoms with Crippen molar-refractivity contribution in [2.75, 3.05) is 0 Å². The highest BCUT2D eigenvalue weighted by molar-refractivity contribution is 7.17. The van der Waals surface area contributed by atoms with Crippen molar-refractivity contribution in [1.29, 1.82) is 0 Å². The van der Waals surface area contributed by atoms with Crippen LogP contribution in [0.3, 0.4) is 0 Å². The molecule has 0 amide bonds. The lowest BCUT2D eigenvalue weighted by Gasteiger charge is -2.06. The van der Waals surface area contributed by atoms with Crippen molar-refractivity contribution in [2.24, 2.45) is 0 Å². The van der Waals surface area contributed by atoms with Crippen molar-refractivity contribution in [3.8, 4) is 16.8 Å². The lowest BCUT2D eigenvalue weighted by molar-refractivity contribution is 0.905. The van der Waals surface area contributed by atoms with E-state index < -0.39 is 5.69 Å². The number of thiophene rings is 1. The summed E-state index contributed by atoms with van der Waals surface area (Å²) in [6.07, 6.45) is 0. The third-order valence-corrected chi connectivity index (χ3v) is 4.91. The number of nitrogens with zero attached hydrogens (tertiary/aromatic N) is 1. The quantitative estimate of drug-likeness (QED) is 0.590. The van der Waals surface area contributed by atoms with Crippen LogP contribution in [0.4, 0.5) is 0 Å². The van der Waals surface area contributed by atoms with Crippen molar-refractivity contribution in [1.82, 2.24) is 9.55 Å². The number of rotatable bonds is 2. The number of halogens is 1. The van der Waals surface area contributed by atoms with E-state index in [-0.39, 0.29) is 5.56 Å². The van der Waals surface area contributed by atoms with Crippen molar-refractivity contribution in [2.45, 2.75) is 0 Å². The third kappa shape index (κ3) is 2.38. The van der Waals surface area contributed by atoms with Gasteiger partial charge in [-0.1, -0.05) is 48.0 Å². The summed E-state index contributed by atoms with van der Waals surface area (Å²) < 4.78 is 1.12. The summed E-state index contributed by atoms with van der Waals surface area (Å²) in [6, 6.07) is 16.3. The molecular formula is C18H11ClN2O2S. The van der Waals surface area contributed by atoms with Gasteiger partial charge in [0, 0.05) is 16.0 Å². The van der Waals surface area contributed by atoms with Crippen LogP contribution in [0.5, 0.6) is 0 Å². The molecule has 2 aromatic carbocycles. The van der Waals surface area contributed by atoms with E-state index in [1.807, 2.05) is 35.7 Å². The number of aromatic amines is 1. The monoisotopic (exact) mass is 354 g/mol. The fourth-order valence-corrected chi connectivity index (χ4v) is 3.83. The first-order valence-electron chi connectivity index (χ1n) is 7.23. The largest absolute Gasteiger partial charge is 0.334 e. The van der Waals surface area contributed by atoms with E-state index >= 15 is 0 Å². The van der Waals surface area contributed by atoms with Gasteiger partial charge in [-0.2, -0.15) is 0 Å². The molecule has 0 unspecified atom stereocenters. The van der Waals surface area contributed by atoms with Gasteiger partial charge in [0.1, 0.15) is 4.83 Å². The molecule has 24 heavy (non-hydrogen) atoms. The fourth-order valence-electron chi connectivity index (χ4n) is 2.70. The van der Waals surface area contributed by atoms with Gasteiger partial charge in [0.2, 0.25) is 0 Å². The minimum absolute atomic E-state index is 0.351. The van der Waals surface area contributed by atoms with Crippen LogP contribution in [0.15, 0.2) is 69.6 Å². The molecule has 0 saturated heterocycles. The molecule has 0 bridgehead atoms. The fraction of sp³-hybridized carbons (Fsp3) is 0. The highest BCUT2D eigenvalue weighted by Crippen LogP contribution is 2.30. The molecule has 2 heterocycles. The van der Waals surface area contributed by atoms with Crippen molar-refractivity contribution in [3.63, 3.8) is 0 Å². The van der Waals surface area contributed by atoms with Gasteiger partial charge in [0.15, 0.2) is 0 Å². The maximum atomic E-state index is 13.0. The van der Waals surface area contributed by atoms with Crippen molar-refractivity contribution in [3.05, 3.63) is 85.8 Å². The molecule has 0 aliphatic rings. The zero-order valence-corrected chi connectivity index (χ0v) is 13.9. The van der Waals surface area contributed by atoms with Crippen LogP contribution in [0.1, 0.15) is 0 Å². The van der Waals surface area contributed by atoms with Crippen LogP contribution < -0.4 is 11.2 Å². The molecule has 0 spiro atoms. The molecular weight excluding hydrogens is 344 g/mol. The summed E-state index contributed by atoms with van der Waals surface area (Å²) >= 11 is 7.35. The summed E-state index contributed by atoms with van der Waals surface area (Å²) in [5.74, 6) is 0. The number of hydrogen-bond donors (Lipinski definition) is 1. The summed E-state index contributed by atoms with van der Waals surface area (Å²) in [5, 5.41) is 2.86. The number of H-pyrrole nitrogens is 1. The lowest BCUT2D eigenvalue weighted by Crippen LogP contribution is -2.33. The minimum atomic E-state index is -0.476. The van der Waals surface area contributed by atoms with E-state index in [9.17, 15) is 9.59 Å². The number of benzene rings is 2. The maximum absolute atomic E-state index is 13.0. The third-order valence-electron chi connectivity index (χ3n) is 3.78. The van der Waals surface area contributed by atoms with Crippen molar-refractivity contribution < 1.29 is 0 Å². The van der Waals surface area contributed by atoms with E-state index in [1.54, 1.807) is 24.3 Å². The molecule has 2 aromatic heterocycles. The van der Waals surface area contributed by atoms with Gasteiger partial charge in [-0.25, -0.2) is 9.36 Å². The number of nitrogens with one attached hydrogen (secondary N) is 1. The van der Waals surface area contributed by atoms with E-state index in [0.717, 1.165) is 15.7 Å². The second-order valence-electron chi connectivity index (χ2n) is 5.27. The van der Waals surface area contributed by atoms with Crippen LogP contribution >= 0.6 is 22.9 Å². The van der Waals surface area contributed by atoms with Crippen LogP contribution in [-0.4, -0.2) is 9.55 Å². The number of aromatic nitrogens is 2. The van der Waals surface area contributed by atoms with Gasteiger partial charge in [-0.15, -0.1) is 11.3 Å². The Labute approximate surface area is 145 Å². The molecule has 1 N–H and O–H groups in total. The van der Waals surface area contributed by atoms with Gasteiger partial charge in [0.05, 0.1) is 11.1 Å². The maximum Gasteiger partial charge on any atom is 0.334 e. The predicted molar refractivity (Wildman–Crippen MR) is 98.5 cm³/mol. The minimum Gasteiger partial charge on any atom is -0.298 e. The smallest absolute Gasteiger partial charge is 0.298 e. The first-order chi connectivity index (χ1) is 11.6. The Morgan fingerprint density at radius 3 is 2.54 bits per heavy atom. The Morgan fingerprint density at radius 2 is 1.79 bits per heavy atom. The average Bonchev–Trinajstić information content (AvgIpc) is 3.00. The van der Waals surface area contributed by atoms with Gasteiger partial charge in [-0.05, 0) is 23.8 Å². The zero-order valence-electron chi connectivity index (χ0n) is 12.3. The van der Waals surface area contributed by atoms with E-state index in [2.05, 4.69) is 4.98 Å². The Morgan fingerprint density at radius 1 is 1.00 bits per heavy atom. The number of fused-ring (bicyclic) bond motifs is 1. The molecule has 118 valence electrons. The van der Waals surface area contributed by atoms with E-state index in [0.29, 0.717) is 20.9 Å². The zero-order chi connectivity index (χ0) is 16.7. The van der Waals surface area contributed by atoms with E-state index in [4.69, 9.17) is 11.6 Å². The normalized spacial score (nSPS) is 11.0. The van der Waals surface area contributed by atoms with Crippen molar-refractivity contribution >= 4 is 33.2 Å². The predicted octanol–water partition coefficient (Wildman–Crippen LogP) is 4.06. The molecule has 0 radical (unpaired) electrons. The second kappa shape index (κ2) is 5.78. The van der Waals surface area contributed by atoms with Gasteiger partial charge < -0.3 is 0 Å². The standard InChI is InChI=1S/C18H11ClN2O2S/c19-12-7-4-8-13(9-12)21-17(22)15-14(11-5-2-1-3-6-11)10-24-16(15)20-18(21)23/h1-10H,(H,20,23). The summed E-state index contributed by atoms with van der Waals surface area (Å²) in [7, 11) is 0. The van der Waals surface area contributed by atoms with Crippen LogP contribution in [0.25, 0.3) is 27.0 Å². The van der Waals surface area contributed by atoms with Gasteiger partial charge in [-0.3, -0.25) is 9.78 Å². The van der Waals surface area contributed by atoms with E-state index in [1.165, 1.54) is 11.3 Å². The van der Waals surface area contributed by atoms with Crippen LogP contribution in [0.2, 0.25) is 5.02 Å². The topological polar surface area (TPSA) is 54.9 Å². The van der Waals surface area contributed by atoms with Gasteiger partial charge in [0.25, 0.3) is 5.56 Å². The lowest BCUT2D eigenvalue weighted by atomic mass is 10.1. The highest BCUT2D eigenvalue weighted by atomic mass is 35.5. The summed E-state index contributed by atoms with van der Waals surface area (Å²) in [5.41, 5.74) is 1.37. The Hall–Kier alpha value is -2.63. The Balaban J connectivity index is 2.07. The SMILES string of the molecule is O=c1[nH]c2scc(-c3ccccc3)c2c(=O)n1-c1cccc(Cl)c1. The number of hydrogen-bond acceptors (Lipinski definition) is 3. The Bertz CT molecular complexity index is 1160. The molecule has 0 aliphatic heterocycles. The Kier molecular flexibility index (Phi) is 3.59. The van der Waals surface area contributed by atoms with Crippen LogP contribution in [0, 0.1) is 0 Å². The molecule has 0 saturated carbocycles.